The molecule has 0 bridgehead atoms. The molecule has 0 unspecified atom stereocenters. The van der Waals surface area contributed by atoms with Crippen LogP contribution < -0.4 is 14.9 Å². The van der Waals surface area contributed by atoms with Crippen molar-refractivity contribution in [1.29, 1.82) is 0 Å². The average molecular weight is 472 g/mol. The van der Waals surface area contributed by atoms with E-state index in [0.717, 1.165) is 5.56 Å². The van der Waals surface area contributed by atoms with Gasteiger partial charge in [0.2, 0.25) is 5.91 Å². The van der Waals surface area contributed by atoms with Gasteiger partial charge in [-0.05, 0) is 35.4 Å². The van der Waals surface area contributed by atoms with Gasteiger partial charge in [0.05, 0.1) is 29.7 Å². The molecule has 1 amide bonds. The van der Waals surface area contributed by atoms with Crippen LogP contribution in [0, 0.1) is 15.9 Å². The highest BCUT2D eigenvalue weighted by Crippen LogP contribution is 2.36. The van der Waals surface area contributed by atoms with Crippen LogP contribution in [-0.4, -0.2) is 24.2 Å². The van der Waals surface area contributed by atoms with Gasteiger partial charge in [-0.1, -0.05) is 41.9 Å². The Morgan fingerprint density at radius 1 is 1.21 bits per heavy atom. The van der Waals surface area contributed by atoms with Gasteiger partial charge in [-0.3, -0.25) is 14.9 Å². The number of rotatable bonds is 9. The number of para-hydroxylation sites is 1. The van der Waals surface area contributed by atoms with Crippen LogP contribution in [0.5, 0.6) is 11.5 Å². The number of benzene rings is 3. The molecule has 33 heavy (non-hydrogen) atoms. The normalized spacial score (nSPS) is 10.8. The van der Waals surface area contributed by atoms with Crippen molar-refractivity contribution in [2.45, 2.75) is 13.0 Å². The van der Waals surface area contributed by atoms with E-state index in [1.165, 1.54) is 43.7 Å². The molecule has 0 heterocycles. The van der Waals surface area contributed by atoms with E-state index in [4.69, 9.17) is 21.1 Å². The number of carbonyl (C=O) groups is 1. The minimum Gasteiger partial charge on any atom is -0.493 e. The second kappa shape index (κ2) is 11.1. The van der Waals surface area contributed by atoms with Gasteiger partial charge in [0.15, 0.2) is 11.5 Å². The quantitative estimate of drug-likeness (QED) is 0.277. The van der Waals surface area contributed by atoms with Crippen molar-refractivity contribution in [1.82, 2.24) is 5.43 Å². The highest BCUT2D eigenvalue weighted by molar-refractivity contribution is 6.32. The molecule has 0 aliphatic carbocycles. The minimum atomic E-state index is -0.542. The Kier molecular flexibility index (Phi) is 7.93. The summed E-state index contributed by atoms with van der Waals surface area (Å²) >= 11 is 6.32. The number of hydrazone groups is 1. The van der Waals surface area contributed by atoms with Gasteiger partial charge in [0.25, 0.3) is 5.69 Å². The van der Waals surface area contributed by atoms with Gasteiger partial charge in [0, 0.05) is 11.6 Å². The van der Waals surface area contributed by atoms with E-state index in [0.29, 0.717) is 17.1 Å². The lowest BCUT2D eigenvalue weighted by Gasteiger charge is -2.13. The van der Waals surface area contributed by atoms with E-state index in [1.54, 1.807) is 30.3 Å². The van der Waals surface area contributed by atoms with E-state index in [-0.39, 0.29) is 35.1 Å². The summed E-state index contributed by atoms with van der Waals surface area (Å²) < 4.78 is 24.1. The Morgan fingerprint density at radius 3 is 2.64 bits per heavy atom. The van der Waals surface area contributed by atoms with Crippen LogP contribution in [-0.2, 0) is 17.8 Å². The van der Waals surface area contributed by atoms with E-state index in [2.05, 4.69) is 10.5 Å². The van der Waals surface area contributed by atoms with Crippen molar-refractivity contribution < 1.29 is 23.6 Å². The van der Waals surface area contributed by atoms with E-state index < -0.39 is 10.8 Å². The zero-order chi connectivity index (χ0) is 23.8. The summed E-state index contributed by atoms with van der Waals surface area (Å²) in [7, 11) is 1.45. The number of nitrogens with one attached hydrogen (secondary N) is 1. The van der Waals surface area contributed by atoms with Crippen LogP contribution in [0.2, 0.25) is 5.02 Å². The van der Waals surface area contributed by atoms with Gasteiger partial charge in [-0.2, -0.15) is 5.10 Å². The zero-order valence-electron chi connectivity index (χ0n) is 17.5. The first kappa shape index (κ1) is 23.7. The summed E-state index contributed by atoms with van der Waals surface area (Å²) in [5.74, 6) is -0.205. The van der Waals surface area contributed by atoms with Gasteiger partial charge in [-0.15, -0.1) is 0 Å². The summed E-state index contributed by atoms with van der Waals surface area (Å²) in [4.78, 5) is 22.6. The van der Waals surface area contributed by atoms with Crippen molar-refractivity contribution in [3.63, 3.8) is 0 Å². The van der Waals surface area contributed by atoms with Gasteiger partial charge in [-0.25, -0.2) is 9.82 Å². The van der Waals surface area contributed by atoms with E-state index in [1.807, 2.05) is 0 Å². The molecule has 0 atom stereocenters. The fourth-order valence-electron chi connectivity index (χ4n) is 2.92. The van der Waals surface area contributed by atoms with Crippen molar-refractivity contribution >= 4 is 29.4 Å². The van der Waals surface area contributed by atoms with Crippen molar-refractivity contribution in [3.05, 3.63) is 98.3 Å². The Hall–Kier alpha value is -3.98. The number of carbonyl (C=O) groups excluding carboxylic acids is 1. The third-order valence-corrected chi connectivity index (χ3v) is 4.77. The molecule has 0 aliphatic rings. The molecule has 0 fully saturated rings. The molecule has 170 valence electrons. The number of nitro groups is 1. The van der Waals surface area contributed by atoms with E-state index in [9.17, 15) is 19.3 Å². The van der Waals surface area contributed by atoms with Crippen LogP contribution in [0.1, 0.15) is 16.7 Å². The molecule has 3 aromatic carbocycles. The predicted molar refractivity (Wildman–Crippen MR) is 121 cm³/mol. The SMILES string of the molecule is COc1cc(/C=N/NC(=O)Cc2ccccc2[N+](=O)[O-])cc(Cl)c1OCc1ccc(F)cc1. The van der Waals surface area contributed by atoms with Crippen molar-refractivity contribution in [2.75, 3.05) is 7.11 Å². The first-order valence-corrected chi connectivity index (χ1v) is 10.0. The molecule has 0 aliphatic heterocycles. The highest BCUT2D eigenvalue weighted by atomic mass is 35.5. The maximum Gasteiger partial charge on any atom is 0.273 e. The first-order chi connectivity index (χ1) is 15.9. The monoisotopic (exact) mass is 471 g/mol. The summed E-state index contributed by atoms with van der Waals surface area (Å²) in [6.45, 7) is 0.158. The highest BCUT2D eigenvalue weighted by Gasteiger charge is 2.15. The molecule has 0 saturated carbocycles. The first-order valence-electron chi connectivity index (χ1n) is 9.66. The number of hydrogen-bond acceptors (Lipinski definition) is 6. The molecule has 3 rings (SSSR count). The minimum absolute atomic E-state index is 0.135. The number of amides is 1. The van der Waals surface area contributed by atoms with E-state index >= 15 is 0 Å². The van der Waals surface area contributed by atoms with Gasteiger partial charge >= 0.3 is 0 Å². The molecule has 0 saturated heterocycles. The van der Waals surface area contributed by atoms with Crippen molar-refractivity contribution in [3.8, 4) is 11.5 Å². The number of nitro benzene ring substituents is 1. The zero-order valence-corrected chi connectivity index (χ0v) is 18.2. The lowest BCUT2D eigenvalue weighted by atomic mass is 10.1. The number of nitrogens with zero attached hydrogens (tertiary/aromatic N) is 2. The number of ether oxygens (including phenoxy) is 2. The van der Waals surface area contributed by atoms with Crippen LogP contribution in [0.3, 0.4) is 0 Å². The number of halogens is 2. The molecule has 0 aromatic heterocycles. The van der Waals surface area contributed by atoms with Crippen LogP contribution in [0.25, 0.3) is 0 Å². The third kappa shape index (κ3) is 6.50. The number of hydrogen-bond donors (Lipinski definition) is 1. The molecule has 1 N–H and O–H groups in total. The second-order valence-electron chi connectivity index (χ2n) is 6.81. The summed E-state index contributed by atoms with van der Waals surface area (Å²) in [5.41, 5.74) is 3.75. The summed E-state index contributed by atoms with van der Waals surface area (Å²) in [5, 5.41) is 15.2. The molecule has 3 aromatic rings. The Balaban J connectivity index is 1.65. The fraction of sp³-hybridized carbons (Fsp3) is 0.130. The summed E-state index contributed by atoms with van der Waals surface area (Å²) in [6, 6.07) is 15.0. The van der Waals surface area contributed by atoms with Crippen LogP contribution in [0.15, 0.2) is 65.8 Å². The van der Waals surface area contributed by atoms with Gasteiger partial charge in [0.1, 0.15) is 12.4 Å². The van der Waals surface area contributed by atoms with Crippen LogP contribution in [0.4, 0.5) is 10.1 Å². The van der Waals surface area contributed by atoms with Crippen LogP contribution >= 0.6 is 11.6 Å². The molecule has 10 heteroatoms. The lowest BCUT2D eigenvalue weighted by molar-refractivity contribution is -0.385. The smallest absolute Gasteiger partial charge is 0.273 e. The van der Waals surface area contributed by atoms with Gasteiger partial charge < -0.3 is 9.47 Å². The standard InChI is InChI=1S/C23H19ClFN3O5/c1-32-21-11-16(10-19(24)23(21)33-14-15-6-8-18(25)9-7-15)13-26-27-22(29)12-17-4-2-3-5-20(17)28(30)31/h2-11,13H,12,14H2,1H3,(H,27,29)/b26-13+. The predicted octanol–water partition coefficient (Wildman–Crippen LogP) is 4.67. The lowest BCUT2D eigenvalue weighted by Crippen LogP contribution is -2.20. The Morgan fingerprint density at radius 2 is 1.94 bits per heavy atom. The molecule has 0 spiro atoms. The third-order valence-electron chi connectivity index (χ3n) is 4.49. The summed E-state index contributed by atoms with van der Waals surface area (Å²) in [6.07, 6.45) is 1.16. The van der Waals surface area contributed by atoms with Crippen molar-refractivity contribution in [2.24, 2.45) is 5.10 Å². The molecule has 8 nitrogen and oxygen atoms in total. The maximum absolute atomic E-state index is 13.0. The molecule has 0 radical (unpaired) electrons. The topological polar surface area (TPSA) is 103 Å². The Labute approximate surface area is 193 Å². The Bertz CT molecular complexity index is 1190. The maximum atomic E-state index is 13.0. The molecular formula is C23H19ClFN3O5. The fourth-order valence-corrected chi connectivity index (χ4v) is 3.19. The largest absolute Gasteiger partial charge is 0.493 e. The molecular weight excluding hydrogens is 453 g/mol. The number of methoxy groups -OCH3 is 1. The average Bonchev–Trinajstić information content (AvgIpc) is 2.79. The second-order valence-corrected chi connectivity index (χ2v) is 7.21.